The van der Waals surface area contributed by atoms with Gasteiger partial charge in [-0.15, -0.1) is 0 Å². The number of hydrogen-bond donors (Lipinski definition) is 2. The summed E-state index contributed by atoms with van der Waals surface area (Å²) >= 11 is 0. The predicted molar refractivity (Wildman–Crippen MR) is 73.2 cm³/mol. The number of rotatable bonds is 4. The molecule has 0 heterocycles. The Morgan fingerprint density at radius 1 is 1.12 bits per heavy atom. The molecule has 88 valence electrons. The van der Waals surface area contributed by atoms with Gasteiger partial charge in [-0.3, -0.25) is 0 Å². The predicted octanol–water partition coefficient (Wildman–Crippen LogP) is 3.17. The Morgan fingerprint density at radius 2 is 1.94 bits per heavy atom. The second kappa shape index (κ2) is 5.51. The van der Waals surface area contributed by atoms with Crippen LogP contribution in [-0.4, -0.2) is 18.7 Å². The van der Waals surface area contributed by atoms with Crippen LogP contribution in [0.3, 0.4) is 0 Å². The van der Waals surface area contributed by atoms with E-state index in [1.54, 1.807) is 12.1 Å². The van der Waals surface area contributed by atoms with E-state index in [0.29, 0.717) is 5.75 Å². The van der Waals surface area contributed by atoms with Gasteiger partial charge in [0.2, 0.25) is 0 Å². The molecule has 2 rings (SSSR count). The second-order valence-electron chi connectivity index (χ2n) is 4.09. The zero-order valence-electron chi connectivity index (χ0n) is 9.98. The third kappa shape index (κ3) is 3.08. The van der Waals surface area contributed by atoms with Gasteiger partial charge >= 0.3 is 0 Å². The molecule has 0 unspecified atom stereocenters. The van der Waals surface area contributed by atoms with Gasteiger partial charge in [0.25, 0.3) is 0 Å². The molecule has 0 fully saturated rings. The molecule has 0 spiro atoms. The molecule has 0 amide bonds. The minimum Gasteiger partial charge on any atom is -0.508 e. The average Bonchev–Trinajstić information content (AvgIpc) is 2.34. The van der Waals surface area contributed by atoms with Crippen molar-refractivity contribution < 1.29 is 5.11 Å². The smallest absolute Gasteiger partial charge is 0.116 e. The van der Waals surface area contributed by atoms with Crippen LogP contribution in [0.25, 0.3) is 16.8 Å². The summed E-state index contributed by atoms with van der Waals surface area (Å²) in [6.45, 7) is 0.991. The van der Waals surface area contributed by atoms with E-state index in [-0.39, 0.29) is 0 Å². The molecule has 0 aromatic heterocycles. The lowest BCUT2D eigenvalue weighted by Gasteiger charge is -2.00. The van der Waals surface area contributed by atoms with Gasteiger partial charge in [0, 0.05) is 0 Å². The summed E-state index contributed by atoms with van der Waals surface area (Å²) < 4.78 is 0. The van der Waals surface area contributed by atoms with Gasteiger partial charge in [0.15, 0.2) is 0 Å². The Hall–Kier alpha value is -1.80. The number of hydrogen-bond acceptors (Lipinski definition) is 2. The van der Waals surface area contributed by atoms with E-state index >= 15 is 0 Å². The highest BCUT2D eigenvalue weighted by atomic mass is 16.3. The molecule has 2 heteroatoms. The van der Waals surface area contributed by atoms with Gasteiger partial charge in [0.1, 0.15) is 5.75 Å². The third-order valence-electron chi connectivity index (χ3n) is 2.72. The molecule has 17 heavy (non-hydrogen) atoms. The molecule has 0 radical (unpaired) electrons. The van der Waals surface area contributed by atoms with E-state index in [4.69, 9.17) is 0 Å². The zero-order valence-corrected chi connectivity index (χ0v) is 9.98. The summed E-state index contributed by atoms with van der Waals surface area (Å²) in [4.78, 5) is 0. The standard InChI is InChI=1S/C15H17NO/c1-16-9-3-2-4-12-5-6-13-7-8-15(17)11-14(13)10-12/h2,4-8,10-11,16-17H,3,9H2,1H3. The van der Waals surface area contributed by atoms with Crippen molar-refractivity contribution in [2.75, 3.05) is 13.6 Å². The highest BCUT2D eigenvalue weighted by Crippen LogP contribution is 2.21. The maximum absolute atomic E-state index is 9.44. The fourth-order valence-corrected chi connectivity index (χ4v) is 1.80. The summed E-state index contributed by atoms with van der Waals surface area (Å²) in [5.74, 6) is 0.314. The minimum absolute atomic E-state index is 0.314. The van der Waals surface area contributed by atoms with Crippen LogP contribution in [0.1, 0.15) is 12.0 Å². The first-order valence-electron chi connectivity index (χ1n) is 5.83. The Labute approximate surface area is 102 Å². The molecule has 2 N–H and O–H groups in total. The summed E-state index contributed by atoms with van der Waals surface area (Å²) in [7, 11) is 1.95. The van der Waals surface area contributed by atoms with Gasteiger partial charge < -0.3 is 10.4 Å². The van der Waals surface area contributed by atoms with E-state index in [1.165, 1.54) is 5.56 Å². The number of aromatic hydroxyl groups is 1. The molecular weight excluding hydrogens is 210 g/mol. The van der Waals surface area contributed by atoms with Gasteiger partial charge in [0.05, 0.1) is 0 Å². The first-order valence-corrected chi connectivity index (χ1v) is 5.83. The van der Waals surface area contributed by atoms with Crippen LogP contribution in [0, 0.1) is 0 Å². The maximum atomic E-state index is 9.44. The van der Waals surface area contributed by atoms with E-state index in [0.717, 1.165) is 23.7 Å². The Morgan fingerprint density at radius 3 is 2.76 bits per heavy atom. The summed E-state index contributed by atoms with van der Waals surface area (Å²) in [5.41, 5.74) is 1.17. The van der Waals surface area contributed by atoms with Crippen molar-refractivity contribution in [2.45, 2.75) is 6.42 Å². The van der Waals surface area contributed by atoms with Crippen LogP contribution >= 0.6 is 0 Å². The first kappa shape index (κ1) is 11.7. The lowest BCUT2D eigenvalue weighted by atomic mass is 10.1. The lowest BCUT2D eigenvalue weighted by molar-refractivity contribution is 0.476. The largest absolute Gasteiger partial charge is 0.508 e. The van der Waals surface area contributed by atoms with Crippen LogP contribution in [0.15, 0.2) is 42.5 Å². The van der Waals surface area contributed by atoms with Crippen molar-refractivity contribution in [1.29, 1.82) is 0 Å². The number of phenols is 1. The first-order chi connectivity index (χ1) is 8.29. The number of phenolic OH excluding ortho intramolecular Hbond substituents is 1. The monoisotopic (exact) mass is 227 g/mol. The second-order valence-corrected chi connectivity index (χ2v) is 4.09. The topological polar surface area (TPSA) is 32.3 Å². The molecular formula is C15H17NO. The van der Waals surface area contributed by atoms with Crippen LogP contribution in [0.2, 0.25) is 0 Å². The lowest BCUT2D eigenvalue weighted by Crippen LogP contribution is -2.05. The van der Waals surface area contributed by atoms with Crippen molar-refractivity contribution in [3.8, 4) is 5.75 Å². The third-order valence-corrected chi connectivity index (χ3v) is 2.72. The molecule has 0 bridgehead atoms. The molecule has 2 aromatic rings. The molecule has 0 atom stereocenters. The fraction of sp³-hybridized carbons (Fsp3) is 0.200. The van der Waals surface area contributed by atoms with Crippen LogP contribution in [-0.2, 0) is 0 Å². The van der Waals surface area contributed by atoms with Crippen LogP contribution in [0.4, 0.5) is 0 Å². The van der Waals surface area contributed by atoms with Gasteiger partial charge in [-0.1, -0.05) is 30.4 Å². The number of fused-ring (bicyclic) bond motifs is 1. The molecule has 0 aliphatic carbocycles. The molecule has 0 aliphatic heterocycles. The summed E-state index contributed by atoms with van der Waals surface area (Å²) in [6, 6.07) is 11.7. The van der Waals surface area contributed by atoms with Crippen LogP contribution < -0.4 is 5.32 Å². The fourth-order valence-electron chi connectivity index (χ4n) is 1.80. The molecule has 0 aliphatic rings. The van der Waals surface area contributed by atoms with Crippen molar-refractivity contribution in [2.24, 2.45) is 0 Å². The SMILES string of the molecule is CNCCC=Cc1ccc2ccc(O)cc2c1. The van der Waals surface area contributed by atoms with E-state index in [2.05, 4.69) is 35.7 Å². The minimum atomic E-state index is 0.314. The van der Waals surface area contributed by atoms with Gasteiger partial charge in [-0.25, -0.2) is 0 Å². The van der Waals surface area contributed by atoms with Gasteiger partial charge in [-0.05, 0) is 54.5 Å². The summed E-state index contributed by atoms with van der Waals surface area (Å²) in [6.07, 6.45) is 5.29. The number of benzene rings is 2. The highest BCUT2D eigenvalue weighted by molar-refractivity contribution is 5.85. The van der Waals surface area contributed by atoms with Crippen LogP contribution in [0.5, 0.6) is 5.75 Å². The van der Waals surface area contributed by atoms with Crippen molar-refractivity contribution in [3.05, 3.63) is 48.0 Å². The van der Waals surface area contributed by atoms with Crippen molar-refractivity contribution >= 4 is 16.8 Å². The maximum Gasteiger partial charge on any atom is 0.116 e. The zero-order chi connectivity index (χ0) is 12.1. The molecule has 2 nitrogen and oxygen atoms in total. The number of nitrogens with one attached hydrogen (secondary N) is 1. The summed E-state index contributed by atoms with van der Waals surface area (Å²) in [5, 5.41) is 14.8. The Balaban J connectivity index is 2.21. The highest BCUT2D eigenvalue weighted by Gasteiger charge is 1.95. The van der Waals surface area contributed by atoms with E-state index in [1.807, 2.05) is 13.1 Å². The van der Waals surface area contributed by atoms with Crippen molar-refractivity contribution in [3.63, 3.8) is 0 Å². The molecule has 0 saturated carbocycles. The Kier molecular flexibility index (Phi) is 3.78. The van der Waals surface area contributed by atoms with Gasteiger partial charge in [-0.2, -0.15) is 0 Å². The molecule has 0 saturated heterocycles. The quantitative estimate of drug-likeness (QED) is 0.786. The van der Waals surface area contributed by atoms with E-state index < -0.39 is 0 Å². The Bertz CT molecular complexity index is 531. The average molecular weight is 227 g/mol. The van der Waals surface area contributed by atoms with E-state index in [9.17, 15) is 5.11 Å². The molecule has 2 aromatic carbocycles. The normalized spacial score (nSPS) is 11.4. The van der Waals surface area contributed by atoms with Crippen molar-refractivity contribution in [1.82, 2.24) is 5.32 Å².